The van der Waals surface area contributed by atoms with Crippen molar-refractivity contribution in [3.8, 4) is 0 Å². The van der Waals surface area contributed by atoms with E-state index < -0.39 is 0 Å². The molecule has 2 saturated carbocycles. The van der Waals surface area contributed by atoms with Gasteiger partial charge in [-0.25, -0.2) is 0 Å². The van der Waals surface area contributed by atoms with E-state index in [1.807, 2.05) is 11.8 Å². The maximum Gasteiger partial charge on any atom is 0.0225 e. The van der Waals surface area contributed by atoms with Gasteiger partial charge in [0, 0.05) is 17.3 Å². The van der Waals surface area contributed by atoms with Gasteiger partial charge in [0.05, 0.1) is 0 Å². The smallest absolute Gasteiger partial charge is 0.0225 e. The largest absolute Gasteiger partial charge is 0.312 e. The van der Waals surface area contributed by atoms with E-state index in [0.29, 0.717) is 15.6 Å². The van der Waals surface area contributed by atoms with Crippen LogP contribution in [0.15, 0.2) is 0 Å². The monoisotopic (exact) mass is 255 g/mol. The predicted octanol–water partition coefficient (Wildman–Crippen LogP) is 3.93. The SMILES string of the molecule is CSC(C)(C)CNC1CC2CCC1(C)C2(C)C. The molecule has 2 heteroatoms. The molecule has 0 spiro atoms. The van der Waals surface area contributed by atoms with Crippen LogP contribution in [0.3, 0.4) is 0 Å². The molecular weight excluding hydrogens is 226 g/mol. The highest BCUT2D eigenvalue weighted by atomic mass is 32.2. The lowest BCUT2D eigenvalue weighted by molar-refractivity contribution is 0.120. The van der Waals surface area contributed by atoms with E-state index in [1.165, 1.54) is 19.3 Å². The van der Waals surface area contributed by atoms with Crippen molar-refractivity contribution in [2.75, 3.05) is 12.8 Å². The van der Waals surface area contributed by atoms with E-state index in [1.54, 1.807) is 0 Å². The zero-order chi connectivity index (χ0) is 12.9. The Morgan fingerprint density at radius 3 is 2.35 bits per heavy atom. The molecule has 0 heterocycles. The van der Waals surface area contributed by atoms with Gasteiger partial charge in [0.1, 0.15) is 0 Å². The minimum atomic E-state index is 0.363. The average molecular weight is 255 g/mol. The number of rotatable bonds is 4. The molecule has 1 nitrogen and oxygen atoms in total. The first-order valence-electron chi connectivity index (χ1n) is 7.01. The van der Waals surface area contributed by atoms with Crippen molar-refractivity contribution in [1.29, 1.82) is 0 Å². The lowest BCUT2D eigenvalue weighted by Gasteiger charge is -2.40. The second-order valence-electron chi connectivity index (χ2n) is 7.51. The van der Waals surface area contributed by atoms with Crippen LogP contribution in [0.25, 0.3) is 0 Å². The van der Waals surface area contributed by atoms with Gasteiger partial charge < -0.3 is 5.32 Å². The van der Waals surface area contributed by atoms with Gasteiger partial charge in [0.15, 0.2) is 0 Å². The maximum atomic E-state index is 3.88. The van der Waals surface area contributed by atoms with Crippen LogP contribution in [0.4, 0.5) is 0 Å². The molecule has 17 heavy (non-hydrogen) atoms. The minimum absolute atomic E-state index is 0.363. The van der Waals surface area contributed by atoms with Crippen molar-refractivity contribution < 1.29 is 0 Å². The molecule has 2 bridgehead atoms. The van der Waals surface area contributed by atoms with Gasteiger partial charge in [0.25, 0.3) is 0 Å². The maximum absolute atomic E-state index is 3.88. The normalized spacial score (nSPS) is 39.9. The summed E-state index contributed by atoms with van der Waals surface area (Å²) in [5.74, 6) is 0.947. The van der Waals surface area contributed by atoms with Crippen LogP contribution in [0, 0.1) is 16.7 Å². The summed E-state index contributed by atoms with van der Waals surface area (Å²) < 4.78 is 0.363. The van der Waals surface area contributed by atoms with E-state index in [4.69, 9.17) is 0 Å². The first-order valence-corrected chi connectivity index (χ1v) is 8.24. The van der Waals surface area contributed by atoms with Gasteiger partial charge in [-0.15, -0.1) is 0 Å². The van der Waals surface area contributed by atoms with Gasteiger partial charge in [-0.3, -0.25) is 0 Å². The molecular formula is C15H29NS. The molecule has 2 aliphatic rings. The van der Waals surface area contributed by atoms with Crippen LogP contribution in [0.2, 0.25) is 0 Å². The van der Waals surface area contributed by atoms with E-state index in [-0.39, 0.29) is 0 Å². The Bertz CT molecular complexity index is 297. The molecule has 0 aromatic carbocycles. The Labute approximate surface area is 112 Å². The zero-order valence-electron chi connectivity index (χ0n) is 12.4. The number of nitrogens with one attached hydrogen (secondary N) is 1. The summed E-state index contributed by atoms with van der Waals surface area (Å²) >= 11 is 1.97. The van der Waals surface area contributed by atoms with Crippen molar-refractivity contribution in [2.45, 2.75) is 64.7 Å². The molecule has 3 atom stereocenters. The number of hydrogen-bond donors (Lipinski definition) is 1. The Morgan fingerprint density at radius 2 is 1.94 bits per heavy atom. The first kappa shape index (κ1) is 13.7. The Hall–Kier alpha value is 0.310. The highest BCUT2D eigenvalue weighted by Crippen LogP contribution is 2.65. The Balaban J connectivity index is 2.01. The lowest BCUT2D eigenvalue weighted by atomic mass is 9.69. The third-order valence-electron chi connectivity index (χ3n) is 6.12. The quantitative estimate of drug-likeness (QED) is 0.817. The second kappa shape index (κ2) is 4.16. The summed E-state index contributed by atoms with van der Waals surface area (Å²) in [6.07, 6.45) is 6.48. The van der Waals surface area contributed by atoms with Crippen molar-refractivity contribution >= 4 is 11.8 Å². The predicted molar refractivity (Wildman–Crippen MR) is 78.6 cm³/mol. The van der Waals surface area contributed by atoms with Crippen LogP contribution in [0.1, 0.15) is 53.9 Å². The van der Waals surface area contributed by atoms with E-state index in [0.717, 1.165) is 18.5 Å². The number of thioether (sulfide) groups is 1. The topological polar surface area (TPSA) is 12.0 Å². The van der Waals surface area contributed by atoms with E-state index in [2.05, 4.69) is 46.2 Å². The zero-order valence-corrected chi connectivity index (χ0v) is 13.2. The molecule has 0 aromatic rings. The fourth-order valence-corrected chi connectivity index (χ4v) is 4.18. The summed E-state index contributed by atoms with van der Waals surface area (Å²) in [7, 11) is 0. The molecule has 3 unspecified atom stereocenters. The van der Waals surface area contributed by atoms with Crippen LogP contribution in [-0.4, -0.2) is 23.6 Å². The molecule has 0 aliphatic heterocycles. The molecule has 2 aliphatic carbocycles. The van der Waals surface area contributed by atoms with Crippen molar-refractivity contribution in [3.63, 3.8) is 0 Å². The minimum Gasteiger partial charge on any atom is -0.312 e. The van der Waals surface area contributed by atoms with Crippen LogP contribution in [-0.2, 0) is 0 Å². The van der Waals surface area contributed by atoms with E-state index in [9.17, 15) is 0 Å². The molecule has 0 aromatic heterocycles. The molecule has 2 rings (SSSR count). The van der Waals surface area contributed by atoms with Gasteiger partial charge in [0.2, 0.25) is 0 Å². The summed E-state index contributed by atoms with van der Waals surface area (Å²) in [5, 5.41) is 3.88. The number of hydrogen-bond acceptors (Lipinski definition) is 2. The highest BCUT2D eigenvalue weighted by molar-refractivity contribution is 7.99. The summed E-state index contributed by atoms with van der Waals surface area (Å²) in [6, 6.07) is 0.739. The van der Waals surface area contributed by atoms with E-state index >= 15 is 0 Å². The van der Waals surface area contributed by atoms with Crippen LogP contribution in [0.5, 0.6) is 0 Å². The van der Waals surface area contributed by atoms with Crippen LogP contribution >= 0.6 is 11.8 Å². The third-order valence-corrected chi connectivity index (χ3v) is 7.37. The summed E-state index contributed by atoms with van der Waals surface area (Å²) in [6.45, 7) is 13.3. The van der Waals surface area contributed by atoms with Crippen molar-refractivity contribution in [1.82, 2.24) is 5.32 Å². The van der Waals surface area contributed by atoms with Gasteiger partial charge >= 0.3 is 0 Å². The molecule has 100 valence electrons. The molecule has 0 radical (unpaired) electrons. The fourth-order valence-electron chi connectivity index (χ4n) is 3.95. The summed E-state index contributed by atoms with van der Waals surface area (Å²) in [5.41, 5.74) is 1.06. The molecule has 0 amide bonds. The molecule has 1 N–H and O–H groups in total. The van der Waals surface area contributed by atoms with Gasteiger partial charge in [-0.1, -0.05) is 20.8 Å². The standard InChI is InChI=1S/C15H29NS/c1-13(2,17-6)10-16-12-9-11-7-8-15(12,5)14(11,3)4/h11-12,16H,7-10H2,1-6H3. The van der Waals surface area contributed by atoms with Gasteiger partial charge in [-0.2, -0.15) is 11.8 Å². The summed E-state index contributed by atoms with van der Waals surface area (Å²) in [4.78, 5) is 0. The molecule has 0 saturated heterocycles. The highest BCUT2D eigenvalue weighted by Gasteiger charge is 2.61. The third kappa shape index (κ3) is 2.06. The molecule has 2 fully saturated rings. The van der Waals surface area contributed by atoms with Gasteiger partial charge in [-0.05, 0) is 56.1 Å². The second-order valence-corrected chi connectivity index (χ2v) is 9.02. The lowest BCUT2D eigenvalue weighted by Crippen LogP contribution is -2.48. The van der Waals surface area contributed by atoms with Crippen molar-refractivity contribution in [2.24, 2.45) is 16.7 Å². The van der Waals surface area contributed by atoms with Crippen molar-refractivity contribution in [3.05, 3.63) is 0 Å². The average Bonchev–Trinajstić information content (AvgIpc) is 2.58. The Kier molecular flexibility index (Phi) is 3.36. The first-order chi connectivity index (χ1) is 7.73. The van der Waals surface area contributed by atoms with Crippen LogP contribution < -0.4 is 5.32 Å². The Morgan fingerprint density at radius 1 is 1.29 bits per heavy atom. The number of fused-ring (bicyclic) bond motifs is 2. The fraction of sp³-hybridized carbons (Fsp3) is 1.00.